The molecule has 1 aliphatic heterocycles. The van der Waals surface area contributed by atoms with Crippen LogP contribution < -0.4 is 10.6 Å². The Bertz CT molecular complexity index is 581. The number of carbonyl (C=O) groups excluding carboxylic acids is 1. The van der Waals surface area contributed by atoms with Crippen LogP contribution in [0, 0.1) is 5.82 Å². The molecular weight excluding hydrogens is 336 g/mol. The summed E-state index contributed by atoms with van der Waals surface area (Å²) in [6, 6.07) is 2.78. The standard InChI is InChI=1S/C17H24ClF2N3O/c1-3-23(4-2)10-11-5-12(16(20)14(18)6-11)8-22-17(24)15-7-13(19)9-21-15/h5-6,13,15,21H,3-4,7-10H2,1-2H3,(H,22,24). The molecular formula is C17H24ClF2N3O. The number of rotatable bonds is 7. The maximum atomic E-state index is 14.2. The summed E-state index contributed by atoms with van der Waals surface area (Å²) in [7, 11) is 0. The number of nitrogens with zero attached hydrogens (tertiary/aromatic N) is 1. The molecule has 1 aromatic carbocycles. The fourth-order valence-corrected chi connectivity index (χ4v) is 3.09. The Morgan fingerprint density at radius 3 is 2.71 bits per heavy atom. The molecule has 24 heavy (non-hydrogen) atoms. The predicted octanol–water partition coefficient (Wildman–Crippen LogP) is 2.64. The van der Waals surface area contributed by atoms with E-state index in [-0.39, 0.29) is 30.4 Å². The molecule has 0 bridgehead atoms. The van der Waals surface area contributed by atoms with Gasteiger partial charge in [0.15, 0.2) is 0 Å². The SMILES string of the molecule is CCN(CC)Cc1cc(Cl)c(F)c(CNC(=O)C2CC(F)CN2)c1. The average Bonchev–Trinajstić information content (AvgIpc) is 3.00. The summed E-state index contributed by atoms with van der Waals surface area (Å²) in [6.45, 7) is 6.76. The lowest BCUT2D eigenvalue weighted by molar-refractivity contribution is -0.123. The van der Waals surface area contributed by atoms with E-state index in [1.807, 2.05) is 0 Å². The van der Waals surface area contributed by atoms with E-state index in [2.05, 4.69) is 29.4 Å². The first kappa shape index (κ1) is 19.1. The molecule has 7 heteroatoms. The number of hydrogen-bond donors (Lipinski definition) is 2. The maximum Gasteiger partial charge on any atom is 0.237 e. The van der Waals surface area contributed by atoms with Crippen molar-refractivity contribution in [3.05, 3.63) is 34.1 Å². The van der Waals surface area contributed by atoms with Gasteiger partial charge in [0.2, 0.25) is 5.91 Å². The number of nitrogens with one attached hydrogen (secondary N) is 2. The molecule has 0 aliphatic carbocycles. The van der Waals surface area contributed by atoms with Gasteiger partial charge in [0, 0.05) is 31.6 Å². The van der Waals surface area contributed by atoms with Gasteiger partial charge in [-0.05, 0) is 30.8 Å². The highest BCUT2D eigenvalue weighted by molar-refractivity contribution is 6.30. The second-order valence-corrected chi connectivity index (χ2v) is 6.43. The minimum absolute atomic E-state index is 0.0333. The average molecular weight is 360 g/mol. The van der Waals surface area contributed by atoms with Gasteiger partial charge >= 0.3 is 0 Å². The van der Waals surface area contributed by atoms with Crippen LogP contribution in [-0.2, 0) is 17.9 Å². The molecule has 0 spiro atoms. The van der Waals surface area contributed by atoms with Crippen molar-refractivity contribution in [3.63, 3.8) is 0 Å². The summed E-state index contributed by atoms with van der Waals surface area (Å²) in [5.41, 5.74) is 1.24. The minimum atomic E-state index is -1.01. The van der Waals surface area contributed by atoms with E-state index >= 15 is 0 Å². The Kier molecular flexibility index (Phi) is 6.95. The normalized spacial score (nSPS) is 20.6. The lowest BCUT2D eigenvalue weighted by atomic mass is 10.1. The smallest absolute Gasteiger partial charge is 0.237 e. The molecule has 1 aliphatic rings. The van der Waals surface area contributed by atoms with Gasteiger partial charge < -0.3 is 10.6 Å². The largest absolute Gasteiger partial charge is 0.351 e. The van der Waals surface area contributed by atoms with Crippen molar-refractivity contribution in [1.29, 1.82) is 0 Å². The first-order valence-electron chi connectivity index (χ1n) is 8.28. The maximum absolute atomic E-state index is 14.2. The van der Waals surface area contributed by atoms with Crippen molar-refractivity contribution in [3.8, 4) is 0 Å². The van der Waals surface area contributed by atoms with Gasteiger partial charge in [-0.1, -0.05) is 25.4 Å². The summed E-state index contributed by atoms with van der Waals surface area (Å²) in [5.74, 6) is -0.845. The van der Waals surface area contributed by atoms with E-state index in [0.29, 0.717) is 12.1 Å². The summed E-state index contributed by atoms with van der Waals surface area (Å²) < 4.78 is 27.3. The van der Waals surface area contributed by atoms with Crippen molar-refractivity contribution in [1.82, 2.24) is 15.5 Å². The fraction of sp³-hybridized carbons (Fsp3) is 0.588. The Hall–Kier alpha value is -1.24. The zero-order valence-electron chi connectivity index (χ0n) is 14.0. The Labute approximate surface area is 146 Å². The molecule has 1 amide bonds. The molecule has 1 saturated heterocycles. The van der Waals surface area contributed by atoms with Crippen molar-refractivity contribution in [2.24, 2.45) is 0 Å². The van der Waals surface area contributed by atoms with Gasteiger partial charge in [0.05, 0.1) is 11.1 Å². The number of halogens is 3. The van der Waals surface area contributed by atoms with Crippen molar-refractivity contribution in [2.45, 2.75) is 45.6 Å². The summed E-state index contributed by atoms with van der Waals surface area (Å²) in [6.07, 6.45) is -0.860. The number of benzene rings is 1. The van der Waals surface area contributed by atoms with E-state index in [1.54, 1.807) is 12.1 Å². The van der Waals surface area contributed by atoms with Gasteiger partial charge in [0.1, 0.15) is 12.0 Å². The summed E-state index contributed by atoms with van der Waals surface area (Å²) in [5, 5.41) is 5.51. The molecule has 2 unspecified atom stereocenters. The number of hydrogen-bond acceptors (Lipinski definition) is 3. The zero-order chi connectivity index (χ0) is 17.7. The topological polar surface area (TPSA) is 44.4 Å². The summed E-state index contributed by atoms with van der Waals surface area (Å²) >= 11 is 5.98. The van der Waals surface area contributed by atoms with Crippen molar-refractivity contribution < 1.29 is 13.6 Å². The van der Waals surface area contributed by atoms with Gasteiger partial charge in [-0.15, -0.1) is 0 Å². The fourth-order valence-electron chi connectivity index (χ4n) is 2.83. The lowest BCUT2D eigenvalue weighted by Crippen LogP contribution is -2.40. The second-order valence-electron chi connectivity index (χ2n) is 6.02. The lowest BCUT2D eigenvalue weighted by Gasteiger charge is -2.19. The third-order valence-corrected chi connectivity index (χ3v) is 4.59. The first-order valence-corrected chi connectivity index (χ1v) is 8.66. The van der Waals surface area contributed by atoms with Crippen LogP contribution in [0.5, 0.6) is 0 Å². The highest BCUT2D eigenvalue weighted by atomic mass is 35.5. The molecule has 4 nitrogen and oxygen atoms in total. The molecule has 1 fully saturated rings. The first-order chi connectivity index (χ1) is 11.4. The molecule has 134 valence electrons. The monoisotopic (exact) mass is 359 g/mol. The van der Waals surface area contributed by atoms with E-state index in [0.717, 1.165) is 18.7 Å². The highest BCUT2D eigenvalue weighted by Gasteiger charge is 2.29. The molecule has 0 saturated carbocycles. The van der Waals surface area contributed by atoms with Gasteiger partial charge in [0.25, 0.3) is 0 Å². The van der Waals surface area contributed by atoms with E-state index < -0.39 is 18.0 Å². The Morgan fingerprint density at radius 1 is 1.42 bits per heavy atom. The van der Waals surface area contributed by atoms with Crippen LogP contribution in [0.4, 0.5) is 8.78 Å². The van der Waals surface area contributed by atoms with Gasteiger partial charge in [-0.3, -0.25) is 9.69 Å². The Balaban J connectivity index is 2.03. The Morgan fingerprint density at radius 2 is 2.12 bits per heavy atom. The third-order valence-electron chi connectivity index (χ3n) is 4.31. The van der Waals surface area contributed by atoms with Crippen LogP contribution in [0.15, 0.2) is 12.1 Å². The molecule has 1 aromatic rings. The van der Waals surface area contributed by atoms with Crippen molar-refractivity contribution in [2.75, 3.05) is 19.6 Å². The minimum Gasteiger partial charge on any atom is -0.351 e. The highest BCUT2D eigenvalue weighted by Crippen LogP contribution is 2.22. The van der Waals surface area contributed by atoms with Gasteiger partial charge in [-0.2, -0.15) is 0 Å². The van der Waals surface area contributed by atoms with Crippen LogP contribution in [0.3, 0.4) is 0 Å². The van der Waals surface area contributed by atoms with Crippen LogP contribution in [0.2, 0.25) is 5.02 Å². The zero-order valence-corrected chi connectivity index (χ0v) is 14.8. The van der Waals surface area contributed by atoms with E-state index in [9.17, 15) is 13.6 Å². The molecule has 0 aromatic heterocycles. The molecule has 2 N–H and O–H groups in total. The van der Waals surface area contributed by atoms with Crippen LogP contribution in [-0.4, -0.2) is 42.7 Å². The number of alkyl halides is 1. The molecule has 1 heterocycles. The van der Waals surface area contributed by atoms with E-state index in [4.69, 9.17) is 11.6 Å². The van der Waals surface area contributed by atoms with Crippen molar-refractivity contribution >= 4 is 17.5 Å². The second kappa shape index (κ2) is 8.74. The molecule has 0 radical (unpaired) electrons. The number of carbonyl (C=O) groups is 1. The predicted molar refractivity (Wildman–Crippen MR) is 91.2 cm³/mol. The number of amides is 1. The van der Waals surface area contributed by atoms with Crippen LogP contribution in [0.25, 0.3) is 0 Å². The van der Waals surface area contributed by atoms with Crippen LogP contribution >= 0.6 is 11.6 Å². The molecule has 2 rings (SSSR count). The molecule has 2 atom stereocenters. The summed E-state index contributed by atoms with van der Waals surface area (Å²) in [4.78, 5) is 14.2. The third kappa shape index (κ3) is 4.88. The van der Waals surface area contributed by atoms with E-state index in [1.165, 1.54) is 0 Å². The van der Waals surface area contributed by atoms with Crippen LogP contribution in [0.1, 0.15) is 31.4 Å². The van der Waals surface area contributed by atoms with Gasteiger partial charge in [-0.25, -0.2) is 8.78 Å². The quantitative estimate of drug-likeness (QED) is 0.786.